The molecule has 0 aliphatic rings. The number of hydrogen-bond acceptors (Lipinski definition) is 2. The van der Waals surface area contributed by atoms with Gasteiger partial charge in [-0.25, -0.2) is 0 Å². The van der Waals surface area contributed by atoms with Crippen LogP contribution in [0.15, 0.2) is 11.3 Å². The number of allylic oxidation sites excluding steroid dienone is 2. The molecule has 2 nitrogen and oxygen atoms in total. The summed E-state index contributed by atoms with van der Waals surface area (Å²) in [6, 6.07) is 0. The van der Waals surface area contributed by atoms with Crippen LogP contribution in [-0.2, 0) is 0 Å². The molecule has 0 amide bonds. The van der Waals surface area contributed by atoms with Crippen molar-refractivity contribution in [3.63, 3.8) is 0 Å². The lowest BCUT2D eigenvalue weighted by Gasteiger charge is -1.99. The molecule has 8 heavy (non-hydrogen) atoms. The fourth-order valence-corrected chi connectivity index (χ4v) is 0.305. The van der Waals surface area contributed by atoms with E-state index in [1.165, 1.54) is 6.21 Å². The molecule has 0 aliphatic carbocycles. The lowest BCUT2D eigenvalue weighted by molar-refractivity contribution is 0.975. The lowest BCUT2D eigenvalue weighted by Crippen LogP contribution is -2.04. The van der Waals surface area contributed by atoms with E-state index in [1.54, 1.807) is 0 Å². The maximum absolute atomic E-state index is 6.82. The van der Waals surface area contributed by atoms with Crippen LogP contribution in [0.2, 0.25) is 0 Å². The van der Waals surface area contributed by atoms with Gasteiger partial charge in [0.05, 0.1) is 0 Å². The molecule has 0 saturated carbocycles. The zero-order chi connectivity index (χ0) is 6.57. The lowest BCUT2D eigenvalue weighted by atomic mass is 10.3. The van der Waals surface area contributed by atoms with Gasteiger partial charge in [0.25, 0.3) is 0 Å². The molecule has 0 rings (SSSR count). The van der Waals surface area contributed by atoms with Crippen LogP contribution in [0.5, 0.6) is 0 Å². The molecule has 0 aromatic carbocycles. The van der Waals surface area contributed by atoms with Gasteiger partial charge in [-0.3, -0.25) is 0 Å². The topological polar surface area (TPSA) is 35.9 Å². The largest absolute Gasteiger partial charge is 0.391 e. The molecule has 0 unspecified atom stereocenters. The fourth-order valence-electron chi connectivity index (χ4n) is 0.305. The summed E-state index contributed by atoms with van der Waals surface area (Å²) in [6.07, 6.45) is 1.34. The molecule has 0 fully saturated rings. The SMILES string of the molecule is CN/C(C)=C(\C)C=N. The van der Waals surface area contributed by atoms with Gasteiger partial charge in [0.2, 0.25) is 0 Å². The third-order valence-corrected chi connectivity index (χ3v) is 1.18. The Morgan fingerprint density at radius 1 is 1.50 bits per heavy atom. The van der Waals surface area contributed by atoms with Crippen molar-refractivity contribution < 1.29 is 0 Å². The van der Waals surface area contributed by atoms with E-state index in [1.807, 2.05) is 20.9 Å². The minimum absolute atomic E-state index is 0.979. The zero-order valence-electron chi connectivity index (χ0n) is 5.58. The minimum atomic E-state index is 0.979. The van der Waals surface area contributed by atoms with E-state index in [4.69, 9.17) is 5.41 Å². The second kappa shape index (κ2) is 3.24. The first-order chi connectivity index (χ1) is 3.72. The van der Waals surface area contributed by atoms with Crippen molar-refractivity contribution in [2.45, 2.75) is 13.8 Å². The molecule has 0 spiro atoms. The Hall–Kier alpha value is -0.790. The van der Waals surface area contributed by atoms with E-state index in [9.17, 15) is 0 Å². The van der Waals surface area contributed by atoms with Crippen LogP contribution in [0.1, 0.15) is 13.8 Å². The smallest absolute Gasteiger partial charge is 0.0224 e. The quantitative estimate of drug-likeness (QED) is 0.516. The van der Waals surface area contributed by atoms with Crippen molar-refractivity contribution in [3.05, 3.63) is 11.3 Å². The van der Waals surface area contributed by atoms with E-state index in [0.29, 0.717) is 0 Å². The molecule has 0 heterocycles. The predicted molar refractivity (Wildman–Crippen MR) is 36.2 cm³/mol. The third-order valence-electron chi connectivity index (χ3n) is 1.18. The molecule has 0 saturated heterocycles. The van der Waals surface area contributed by atoms with Crippen LogP contribution in [0.25, 0.3) is 0 Å². The molecule has 2 N–H and O–H groups in total. The molecule has 0 aromatic heterocycles. The van der Waals surface area contributed by atoms with Gasteiger partial charge in [-0.15, -0.1) is 0 Å². The number of hydrogen-bond donors (Lipinski definition) is 2. The normalized spacial score (nSPS) is 12.4. The predicted octanol–water partition coefficient (Wildman–Crippen LogP) is 1.15. The van der Waals surface area contributed by atoms with E-state index in [-0.39, 0.29) is 0 Å². The van der Waals surface area contributed by atoms with Crippen LogP contribution < -0.4 is 5.32 Å². The van der Waals surface area contributed by atoms with Crippen LogP contribution in [-0.4, -0.2) is 13.3 Å². The Balaban J connectivity index is 4.03. The summed E-state index contributed by atoms with van der Waals surface area (Å²) in [5, 5.41) is 9.76. The minimum Gasteiger partial charge on any atom is -0.391 e. The molecular weight excluding hydrogens is 100 g/mol. The molecule has 0 aliphatic heterocycles. The fraction of sp³-hybridized carbons (Fsp3) is 0.500. The molecule has 0 bridgehead atoms. The zero-order valence-corrected chi connectivity index (χ0v) is 5.58. The Labute approximate surface area is 50.1 Å². The highest BCUT2D eigenvalue weighted by molar-refractivity contribution is 5.75. The van der Waals surface area contributed by atoms with Crippen LogP contribution in [0.3, 0.4) is 0 Å². The molecule has 0 radical (unpaired) electrons. The number of nitrogens with one attached hydrogen (secondary N) is 2. The van der Waals surface area contributed by atoms with Crippen molar-refractivity contribution in [3.8, 4) is 0 Å². The van der Waals surface area contributed by atoms with Gasteiger partial charge < -0.3 is 10.7 Å². The summed E-state index contributed by atoms with van der Waals surface area (Å²) >= 11 is 0. The van der Waals surface area contributed by atoms with Crippen LogP contribution >= 0.6 is 0 Å². The van der Waals surface area contributed by atoms with Gasteiger partial charge >= 0.3 is 0 Å². The molecule has 2 heteroatoms. The maximum Gasteiger partial charge on any atom is 0.0224 e. The molecular formula is C6H12N2. The van der Waals surface area contributed by atoms with Gasteiger partial charge in [-0.05, 0) is 19.4 Å². The summed E-state index contributed by atoms with van der Waals surface area (Å²) in [6.45, 7) is 3.85. The Morgan fingerprint density at radius 3 is 2.12 bits per heavy atom. The highest BCUT2D eigenvalue weighted by atomic mass is 14.8. The molecule has 0 atom stereocenters. The first kappa shape index (κ1) is 7.21. The van der Waals surface area contributed by atoms with Gasteiger partial charge in [0.1, 0.15) is 0 Å². The highest BCUT2D eigenvalue weighted by Gasteiger charge is 1.85. The van der Waals surface area contributed by atoms with Gasteiger partial charge in [-0.2, -0.15) is 0 Å². The van der Waals surface area contributed by atoms with Crippen LogP contribution in [0, 0.1) is 5.41 Å². The van der Waals surface area contributed by atoms with Crippen molar-refractivity contribution in [2.24, 2.45) is 0 Å². The van der Waals surface area contributed by atoms with Crippen molar-refractivity contribution in [1.29, 1.82) is 5.41 Å². The average molecular weight is 112 g/mol. The first-order valence-electron chi connectivity index (χ1n) is 2.58. The van der Waals surface area contributed by atoms with E-state index in [0.717, 1.165) is 11.3 Å². The summed E-state index contributed by atoms with van der Waals surface area (Å²) in [7, 11) is 1.85. The summed E-state index contributed by atoms with van der Waals surface area (Å²) in [4.78, 5) is 0. The first-order valence-corrected chi connectivity index (χ1v) is 2.58. The van der Waals surface area contributed by atoms with E-state index >= 15 is 0 Å². The van der Waals surface area contributed by atoms with Gasteiger partial charge in [0.15, 0.2) is 0 Å². The monoisotopic (exact) mass is 112 g/mol. The van der Waals surface area contributed by atoms with Gasteiger partial charge in [0, 0.05) is 19.0 Å². The standard InChI is InChI=1S/C6H12N2/c1-5(4-7)6(2)8-3/h4,7-8H,1-3H3/b6-5+,7-4?. The second-order valence-electron chi connectivity index (χ2n) is 1.70. The van der Waals surface area contributed by atoms with Crippen molar-refractivity contribution in [2.75, 3.05) is 7.05 Å². The van der Waals surface area contributed by atoms with Gasteiger partial charge in [-0.1, -0.05) is 0 Å². The van der Waals surface area contributed by atoms with Crippen molar-refractivity contribution in [1.82, 2.24) is 5.32 Å². The van der Waals surface area contributed by atoms with Crippen molar-refractivity contribution >= 4 is 6.21 Å². The maximum atomic E-state index is 6.82. The second-order valence-corrected chi connectivity index (χ2v) is 1.70. The molecule has 0 aromatic rings. The summed E-state index contributed by atoms with van der Waals surface area (Å²) < 4.78 is 0. The highest BCUT2D eigenvalue weighted by Crippen LogP contribution is 1.92. The average Bonchev–Trinajstić information content (AvgIpc) is 1.84. The molecule has 46 valence electrons. The number of rotatable bonds is 2. The van der Waals surface area contributed by atoms with E-state index in [2.05, 4.69) is 5.32 Å². The third kappa shape index (κ3) is 1.78. The summed E-state index contributed by atoms with van der Waals surface area (Å²) in [5.74, 6) is 0. The van der Waals surface area contributed by atoms with Crippen LogP contribution in [0.4, 0.5) is 0 Å². The Morgan fingerprint density at radius 2 is 2.00 bits per heavy atom. The van der Waals surface area contributed by atoms with E-state index < -0.39 is 0 Å². The Bertz CT molecular complexity index is 114. The Kier molecular flexibility index (Phi) is 2.92. The summed E-state index contributed by atoms with van der Waals surface area (Å²) in [5.41, 5.74) is 2.03.